The summed E-state index contributed by atoms with van der Waals surface area (Å²) in [7, 11) is 0. The standard InChI is InChI=1S/C13H9BrN4O2/c14-10-11(17-18-6-2-5-15-12(10)18)13(20)16-8-3-1-4-9(19)7-8/h1-7,19H,(H,16,20). The molecule has 0 saturated heterocycles. The van der Waals surface area contributed by atoms with Gasteiger partial charge in [0.25, 0.3) is 5.91 Å². The summed E-state index contributed by atoms with van der Waals surface area (Å²) in [5.41, 5.74) is 1.28. The Kier molecular flexibility index (Phi) is 3.11. The molecule has 100 valence electrons. The number of hydrogen-bond acceptors (Lipinski definition) is 4. The number of phenolic OH excluding ortho intramolecular Hbond substituents is 1. The first-order valence-electron chi connectivity index (χ1n) is 5.74. The fourth-order valence-electron chi connectivity index (χ4n) is 1.78. The van der Waals surface area contributed by atoms with Gasteiger partial charge in [0.2, 0.25) is 0 Å². The van der Waals surface area contributed by atoms with E-state index in [0.717, 1.165) is 0 Å². The van der Waals surface area contributed by atoms with Gasteiger partial charge < -0.3 is 10.4 Å². The number of rotatable bonds is 2. The number of aromatic nitrogens is 3. The van der Waals surface area contributed by atoms with Crippen LogP contribution in [-0.2, 0) is 0 Å². The van der Waals surface area contributed by atoms with Crippen molar-refractivity contribution in [2.45, 2.75) is 0 Å². The molecule has 0 aliphatic rings. The Balaban J connectivity index is 1.95. The highest BCUT2D eigenvalue weighted by atomic mass is 79.9. The zero-order valence-electron chi connectivity index (χ0n) is 10.1. The quantitative estimate of drug-likeness (QED) is 0.755. The highest BCUT2D eigenvalue weighted by Gasteiger charge is 2.18. The van der Waals surface area contributed by atoms with Crippen LogP contribution in [0.1, 0.15) is 10.5 Å². The lowest BCUT2D eigenvalue weighted by Gasteiger charge is -2.03. The number of nitrogens with zero attached hydrogens (tertiary/aromatic N) is 3. The van der Waals surface area contributed by atoms with Gasteiger partial charge in [-0.05, 0) is 34.1 Å². The lowest BCUT2D eigenvalue weighted by Crippen LogP contribution is -2.13. The predicted octanol–water partition coefficient (Wildman–Crippen LogP) is 2.45. The van der Waals surface area contributed by atoms with Crippen LogP contribution in [0.25, 0.3) is 5.65 Å². The van der Waals surface area contributed by atoms with E-state index in [9.17, 15) is 9.90 Å². The van der Waals surface area contributed by atoms with Crippen LogP contribution in [0.15, 0.2) is 47.2 Å². The van der Waals surface area contributed by atoms with E-state index in [1.807, 2.05) is 0 Å². The third-order valence-electron chi connectivity index (χ3n) is 2.66. The van der Waals surface area contributed by atoms with E-state index in [2.05, 4.69) is 31.3 Å². The van der Waals surface area contributed by atoms with Crippen molar-refractivity contribution in [3.63, 3.8) is 0 Å². The molecule has 0 radical (unpaired) electrons. The van der Waals surface area contributed by atoms with Crippen molar-refractivity contribution in [1.82, 2.24) is 14.6 Å². The van der Waals surface area contributed by atoms with Gasteiger partial charge in [0.1, 0.15) is 5.75 Å². The summed E-state index contributed by atoms with van der Waals surface area (Å²) in [6.45, 7) is 0. The number of anilines is 1. The van der Waals surface area contributed by atoms with E-state index in [4.69, 9.17) is 0 Å². The Hall–Kier alpha value is -2.41. The maximum atomic E-state index is 12.2. The number of hydrogen-bond donors (Lipinski definition) is 2. The number of carbonyl (C=O) groups is 1. The van der Waals surface area contributed by atoms with Crippen LogP contribution in [0, 0.1) is 0 Å². The molecule has 2 aromatic heterocycles. The summed E-state index contributed by atoms with van der Waals surface area (Å²) in [6, 6.07) is 8.04. The van der Waals surface area contributed by atoms with Gasteiger partial charge in [0, 0.05) is 24.1 Å². The Morgan fingerprint density at radius 2 is 2.20 bits per heavy atom. The highest BCUT2D eigenvalue weighted by molar-refractivity contribution is 9.10. The molecule has 3 rings (SSSR count). The molecule has 0 spiro atoms. The number of halogens is 1. The SMILES string of the molecule is O=C(Nc1cccc(O)c1)c1nn2cccnc2c1Br. The molecule has 6 nitrogen and oxygen atoms in total. The van der Waals surface area contributed by atoms with E-state index in [1.54, 1.807) is 30.6 Å². The fourth-order valence-corrected chi connectivity index (χ4v) is 2.32. The molecule has 0 saturated carbocycles. The van der Waals surface area contributed by atoms with Gasteiger partial charge in [-0.25, -0.2) is 9.50 Å². The minimum atomic E-state index is -0.382. The second kappa shape index (κ2) is 4.93. The number of fused-ring (bicyclic) bond motifs is 1. The third-order valence-corrected chi connectivity index (χ3v) is 3.39. The number of aromatic hydroxyl groups is 1. The summed E-state index contributed by atoms with van der Waals surface area (Å²) < 4.78 is 2.04. The van der Waals surface area contributed by atoms with Crippen molar-refractivity contribution in [2.75, 3.05) is 5.32 Å². The molecule has 7 heteroatoms. The first-order valence-corrected chi connectivity index (χ1v) is 6.53. The molecule has 2 N–H and O–H groups in total. The van der Waals surface area contributed by atoms with Gasteiger partial charge in [-0.15, -0.1) is 0 Å². The number of phenols is 1. The second-order valence-electron chi connectivity index (χ2n) is 4.05. The monoisotopic (exact) mass is 332 g/mol. The molecule has 0 unspecified atom stereocenters. The van der Waals surface area contributed by atoms with Crippen molar-refractivity contribution in [2.24, 2.45) is 0 Å². The summed E-state index contributed by atoms with van der Waals surface area (Å²) in [5.74, 6) is -0.300. The highest BCUT2D eigenvalue weighted by Crippen LogP contribution is 2.22. The molecule has 0 atom stereocenters. The smallest absolute Gasteiger partial charge is 0.277 e. The van der Waals surface area contributed by atoms with Crippen LogP contribution in [0.3, 0.4) is 0 Å². The zero-order chi connectivity index (χ0) is 14.1. The van der Waals surface area contributed by atoms with Crippen molar-refractivity contribution in [3.05, 3.63) is 52.9 Å². The fraction of sp³-hybridized carbons (Fsp3) is 0. The molecule has 20 heavy (non-hydrogen) atoms. The van der Waals surface area contributed by atoms with Crippen molar-refractivity contribution in [1.29, 1.82) is 0 Å². The van der Waals surface area contributed by atoms with Crippen molar-refractivity contribution in [3.8, 4) is 5.75 Å². The largest absolute Gasteiger partial charge is 0.508 e. The molecule has 0 fully saturated rings. The average Bonchev–Trinajstić information content (AvgIpc) is 2.77. The van der Waals surface area contributed by atoms with Gasteiger partial charge in [-0.1, -0.05) is 6.07 Å². The van der Waals surface area contributed by atoms with Crippen LogP contribution in [0.4, 0.5) is 5.69 Å². The van der Waals surface area contributed by atoms with Crippen LogP contribution in [0.5, 0.6) is 5.75 Å². The Morgan fingerprint density at radius 3 is 2.95 bits per heavy atom. The van der Waals surface area contributed by atoms with Gasteiger partial charge in [-0.2, -0.15) is 5.10 Å². The maximum Gasteiger partial charge on any atom is 0.277 e. The van der Waals surface area contributed by atoms with E-state index < -0.39 is 0 Å². The average molecular weight is 333 g/mol. The lowest BCUT2D eigenvalue weighted by atomic mass is 10.3. The first-order chi connectivity index (χ1) is 9.65. The maximum absolute atomic E-state index is 12.2. The number of amides is 1. The predicted molar refractivity (Wildman–Crippen MR) is 76.7 cm³/mol. The molecule has 1 amide bonds. The van der Waals surface area contributed by atoms with Crippen LogP contribution < -0.4 is 5.32 Å². The molecule has 1 aromatic carbocycles. The number of benzene rings is 1. The van der Waals surface area contributed by atoms with Crippen molar-refractivity contribution < 1.29 is 9.90 Å². The van der Waals surface area contributed by atoms with E-state index >= 15 is 0 Å². The van der Waals surface area contributed by atoms with Gasteiger partial charge in [0.15, 0.2) is 11.3 Å². The summed E-state index contributed by atoms with van der Waals surface area (Å²) in [5, 5.41) is 16.2. The molecule has 2 heterocycles. The molecule has 0 aliphatic heterocycles. The van der Waals surface area contributed by atoms with Crippen LogP contribution >= 0.6 is 15.9 Å². The zero-order valence-corrected chi connectivity index (χ0v) is 11.7. The van der Waals surface area contributed by atoms with Gasteiger partial charge in [-0.3, -0.25) is 4.79 Å². The molecular weight excluding hydrogens is 324 g/mol. The Labute approximate surface area is 122 Å². The summed E-state index contributed by atoms with van der Waals surface area (Å²) >= 11 is 3.32. The molecular formula is C13H9BrN4O2. The minimum Gasteiger partial charge on any atom is -0.508 e. The first kappa shape index (κ1) is 12.6. The third kappa shape index (κ3) is 2.23. The van der Waals surface area contributed by atoms with Gasteiger partial charge >= 0.3 is 0 Å². The van der Waals surface area contributed by atoms with E-state index in [1.165, 1.54) is 16.6 Å². The van der Waals surface area contributed by atoms with Crippen LogP contribution in [-0.4, -0.2) is 25.6 Å². The van der Waals surface area contributed by atoms with Gasteiger partial charge in [0.05, 0.1) is 4.47 Å². The number of carbonyl (C=O) groups excluding carboxylic acids is 1. The number of nitrogens with one attached hydrogen (secondary N) is 1. The van der Waals surface area contributed by atoms with E-state index in [-0.39, 0.29) is 17.4 Å². The minimum absolute atomic E-state index is 0.0820. The molecule has 3 aromatic rings. The Bertz CT molecular complexity index is 800. The van der Waals surface area contributed by atoms with E-state index in [0.29, 0.717) is 15.8 Å². The second-order valence-corrected chi connectivity index (χ2v) is 4.85. The summed E-state index contributed by atoms with van der Waals surface area (Å²) in [4.78, 5) is 16.3. The topological polar surface area (TPSA) is 79.5 Å². The Morgan fingerprint density at radius 1 is 1.35 bits per heavy atom. The molecule has 0 bridgehead atoms. The van der Waals surface area contributed by atoms with Crippen LogP contribution in [0.2, 0.25) is 0 Å². The normalized spacial score (nSPS) is 10.7. The summed E-state index contributed by atoms with van der Waals surface area (Å²) in [6.07, 6.45) is 3.33. The lowest BCUT2D eigenvalue weighted by molar-refractivity contribution is 0.102. The van der Waals surface area contributed by atoms with Crippen molar-refractivity contribution >= 4 is 33.2 Å². The molecule has 0 aliphatic carbocycles.